The van der Waals surface area contributed by atoms with E-state index in [4.69, 9.17) is 17.0 Å². The van der Waals surface area contributed by atoms with Gasteiger partial charge in [0, 0.05) is 18.1 Å². The number of benzene rings is 1. The fourth-order valence-corrected chi connectivity index (χ4v) is 2.36. The third-order valence-corrected chi connectivity index (χ3v) is 3.81. The molecule has 90 valence electrons. The van der Waals surface area contributed by atoms with E-state index in [0.29, 0.717) is 23.0 Å². The maximum Gasteiger partial charge on any atom is 0.152 e. The van der Waals surface area contributed by atoms with E-state index in [1.807, 2.05) is 13.8 Å². The van der Waals surface area contributed by atoms with Crippen LogP contribution in [-0.2, 0) is 6.42 Å². The van der Waals surface area contributed by atoms with E-state index in [1.165, 1.54) is 6.07 Å². The predicted molar refractivity (Wildman–Crippen MR) is 69.5 cm³/mol. The van der Waals surface area contributed by atoms with Crippen LogP contribution in [0, 0.1) is 5.82 Å². The Labute approximate surface area is 104 Å². The summed E-state index contributed by atoms with van der Waals surface area (Å²) in [6.07, 6.45) is 0.801. The molecule has 0 aromatic heterocycles. The van der Waals surface area contributed by atoms with Crippen LogP contribution in [0.1, 0.15) is 19.4 Å². The van der Waals surface area contributed by atoms with Gasteiger partial charge in [0.1, 0.15) is 10.7 Å². The molecule has 3 rings (SSSR count). The summed E-state index contributed by atoms with van der Waals surface area (Å²) in [7, 11) is 0. The first-order valence-corrected chi connectivity index (χ1v) is 5.98. The second-order valence-corrected chi connectivity index (χ2v) is 5.30. The first-order valence-electron chi connectivity index (χ1n) is 5.57. The summed E-state index contributed by atoms with van der Waals surface area (Å²) < 4.78 is 19.3. The van der Waals surface area contributed by atoms with Gasteiger partial charge in [-0.25, -0.2) is 4.39 Å². The smallest absolute Gasteiger partial charge is 0.152 e. The maximum absolute atomic E-state index is 13.9. The van der Waals surface area contributed by atoms with Gasteiger partial charge in [0.2, 0.25) is 0 Å². The number of rotatable bonds is 0. The van der Waals surface area contributed by atoms with Gasteiger partial charge in [0.25, 0.3) is 0 Å². The van der Waals surface area contributed by atoms with Gasteiger partial charge in [-0.1, -0.05) is 12.2 Å². The number of hydrogen-bond donors (Lipinski definition) is 2. The van der Waals surface area contributed by atoms with E-state index in [9.17, 15) is 4.39 Å². The second kappa shape index (κ2) is 3.32. The molecule has 0 amide bonds. The van der Waals surface area contributed by atoms with Gasteiger partial charge in [-0.05, 0) is 13.8 Å². The minimum Gasteiger partial charge on any atom is -0.493 e. The fraction of sp³-hybridized carbons (Fsp3) is 0.417. The molecule has 1 aromatic rings. The maximum atomic E-state index is 13.9. The van der Waals surface area contributed by atoms with Crippen LogP contribution in [0.15, 0.2) is 6.07 Å². The Morgan fingerprint density at radius 2 is 2.18 bits per heavy atom. The first kappa shape index (κ1) is 10.8. The van der Waals surface area contributed by atoms with Crippen LogP contribution in [0.5, 0.6) is 5.75 Å². The van der Waals surface area contributed by atoms with E-state index >= 15 is 0 Å². The number of ether oxygens (including phenoxy) is 1. The third kappa shape index (κ3) is 1.49. The van der Waals surface area contributed by atoms with Crippen molar-refractivity contribution in [1.82, 2.24) is 0 Å². The average Bonchev–Trinajstić information content (AvgIpc) is 2.69. The number of thiocarbonyl (C=S) groups is 1. The van der Waals surface area contributed by atoms with E-state index < -0.39 is 0 Å². The molecule has 0 spiro atoms. The van der Waals surface area contributed by atoms with Crippen molar-refractivity contribution in [3.8, 4) is 5.75 Å². The molecule has 0 fully saturated rings. The van der Waals surface area contributed by atoms with E-state index in [1.54, 1.807) is 0 Å². The highest BCUT2D eigenvalue weighted by atomic mass is 32.1. The Balaban J connectivity index is 2.20. The number of halogens is 1. The molecule has 0 saturated carbocycles. The molecule has 2 heterocycles. The predicted octanol–water partition coefficient (Wildman–Crippen LogP) is 2.70. The van der Waals surface area contributed by atoms with Crippen molar-refractivity contribution >= 4 is 28.6 Å². The zero-order valence-corrected chi connectivity index (χ0v) is 10.5. The molecular formula is C12H13FN2OS. The number of anilines is 2. The summed E-state index contributed by atoms with van der Waals surface area (Å²) in [5.41, 5.74) is 1.89. The molecular weight excluding hydrogens is 239 g/mol. The van der Waals surface area contributed by atoms with Crippen molar-refractivity contribution < 1.29 is 9.13 Å². The molecule has 0 atom stereocenters. The van der Waals surface area contributed by atoms with Crippen molar-refractivity contribution in [3.05, 3.63) is 17.4 Å². The zero-order chi connectivity index (χ0) is 12.2. The zero-order valence-electron chi connectivity index (χ0n) is 9.69. The highest BCUT2D eigenvalue weighted by molar-refractivity contribution is 7.80. The molecule has 2 N–H and O–H groups in total. The van der Waals surface area contributed by atoms with Crippen molar-refractivity contribution in [1.29, 1.82) is 0 Å². The lowest BCUT2D eigenvalue weighted by Crippen LogP contribution is -2.47. The Hall–Kier alpha value is -1.36. The van der Waals surface area contributed by atoms with Gasteiger partial charge in [0.05, 0.1) is 23.5 Å². The Morgan fingerprint density at radius 3 is 2.94 bits per heavy atom. The quantitative estimate of drug-likeness (QED) is 0.696. The molecule has 5 heteroatoms. The van der Waals surface area contributed by atoms with Crippen molar-refractivity contribution in [3.63, 3.8) is 0 Å². The average molecular weight is 252 g/mol. The topological polar surface area (TPSA) is 33.3 Å². The molecule has 1 aromatic carbocycles. The molecule has 0 radical (unpaired) electrons. The Kier molecular flexibility index (Phi) is 2.10. The van der Waals surface area contributed by atoms with Crippen LogP contribution in [-0.4, -0.2) is 17.1 Å². The molecule has 0 aliphatic carbocycles. The van der Waals surface area contributed by atoms with Crippen molar-refractivity contribution in [2.45, 2.75) is 25.8 Å². The summed E-state index contributed by atoms with van der Waals surface area (Å²) in [6, 6.07) is 1.43. The largest absolute Gasteiger partial charge is 0.493 e. The third-order valence-electron chi connectivity index (χ3n) is 3.20. The van der Waals surface area contributed by atoms with Crippen LogP contribution in [0.2, 0.25) is 0 Å². The van der Waals surface area contributed by atoms with Crippen LogP contribution < -0.4 is 15.4 Å². The molecule has 0 bridgehead atoms. The Morgan fingerprint density at radius 1 is 1.41 bits per heavy atom. The summed E-state index contributed by atoms with van der Waals surface area (Å²) in [4.78, 5) is 0.600. The lowest BCUT2D eigenvalue weighted by atomic mass is 9.97. The molecule has 2 aliphatic heterocycles. The van der Waals surface area contributed by atoms with Crippen LogP contribution >= 0.6 is 12.2 Å². The highest BCUT2D eigenvalue weighted by Gasteiger charge is 2.34. The Bertz CT molecular complexity index is 528. The van der Waals surface area contributed by atoms with Gasteiger partial charge in [-0.3, -0.25) is 0 Å². The monoisotopic (exact) mass is 252 g/mol. The van der Waals surface area contributed by atoms with Crippen molar-refractivity contribution in [2.24, 2.45) is 0 Å². The summed E-state index contributed by atoms with van der Waals surface area (Å²) >= 11 is 5.23. The van der Waals surface area contributed by atoms with Crippen LogP contribution in [0.4, 0.5) is 15.8 Å². The molecule has 0 saturated heterocycles. The minimum absolute atomic E-state index is 0.328. The highest BCUT2D eigenvalue weighted by Crippen LogP contribution is 2.43. The first-order chi connectivity index (χ1) is 7.99. The van der Waals surface area contributed by atoms with Gasteiger partial charge in [-0.2, -0.15) is 0 Å². The van der Waals surface area contributed by atoms with E-state index in [0.717, 1.165) is 17.7 Å². The fourth-order valence-electron chi connectivity index (χ4n) is 2.21. The molecule has 0 unspecified atom stereocenters. The number of nitrogens with one attached hydrogen (secondary N) is 2. The van der Waals surface area contributed by atoms with E-state index in [-0.39, 0.29) is 11.4 Å². The lowest BCUT2D eigenvalue weighted by Gasteiger charge is -2.36. The number of hydrogen-bond acceptors (Lipinski definition) is 3. The summed E-state index contributed by atoms with van der Waals surface area (Å²) in [5.74, 6) is 0.310. The van der Waals surface area contributed by atoms with Crippen LogP contribution in [0.3, 0.4) is 0 Å². The standard InChI is InChI=1S/C12H13FN2OS/c1-12(2)11(17)14-10-7(13)5-8-6(3-4-16-8)9(10)15-12/h5,15H,3-4H2,1-2H3,(H,14,17). The lowest BCUT2D eigenvalue weighted by molar-refractivity contribution is 0.355. The minimum atomic E-state index is -0.369. The summed E-state index contributed by atoms with van der Waals surface area (Å²) in [5, 5.41) is 6.29. The summed E-state index contributed by atoms with van der Waals surface area (Å²) in [6.45, 7) is 4.55. The van der Waals surface area contributed by atoms with Gasteiger partial charge in [-0.15, -0.1) is 0 Å². The van der Waals surface area contributed by atoms with Gasteiger partial charge < -0.3 is 15.4 Å². The number of fused-ring (bicyclic) bond motifs is 3. The molecule has 2 aliphatic rings. The SMILES string of the molecule is CC1(C)Nc2c3c(cc(F)c2NC1=S)OCC3. The van der Waals surface area contributed by atoms with Crippen molar-refractivity contribution in [2.75, 3.05) is 17.2 Å². The second-order valence-electron chi connectivity index (χ2n) is 4.89. The van der Waals surface area contributed by atoms with Crippen LogP contribution in [0.25, 0.3) is 0 Å². The molecule has 17 heavy (non-hydrogen) atoms. The normalized spacial score (nSPS) is 19.8. The van der Waals surface area contributed by atoms with Gasteiger partial charge >= 0.3 is 0 Å². The van der Waals surface area contributed by atoms with Gasteiger partial charge in [0.15, 0.2) is 5.82 Å². The van der Waals surface area contributed by atoms with E-state index in [2.05, 4.69) is 10.6 Å². The molecule has 3 nitrogen and oxygen atoms in total.